The molecule has 7 heteroatoms. The van der Waals surface area contributed by atoms with Crippen LogP contribution in [-0.4, -0.2) is 69.3 Å². The second kappa shape index (κ2) is 8.20. The molecule has 0 aromatic carbocycles. The van der Waals surface area contributed by atoms with Crippen LogP contribution in [0, 0.1) is 0 Å². The van der Waals surface area contributed by atoms with E-state index >= 15 is 0 Å². The molecule has 1 saturated heterocycles. The predicted octanol–water partition coefficient (Wildman–Crippen LogP) is 1.71. The monoisotopic (exact) mass is 362 g/mol. The molecule has 0 unspecified atom stereocenters. The first-order valence-corrected chi connectivity index (χ1v) is 9.11. The van der Waals surface area contributed by atoms with Gasteiger partial charge in [-0.2, -0.15) is 0 Å². The number of piperazine rings is 1. The number of hydrogen-bond donors (Lipinski definition) is 1. The topological polar surface area (TPSA) is 78.3 Å². The summed E-state index contributed by atoms with van der Waals surface area (Å²) in [5.74, 6) is 1.57. The van der Waals surface area contributed by atoms with Crippen LogP contribution in [-0.2, 0) is 0 Å². The lowest BCUT2D eigenvalue weighted by Gasteiger charge is -2.35. The minimum atomic E-state index is 0.198. The second-order valence-corrected chi connectivity index (χ2v) is 6.47. The van der Waals surface area contributed by atoms with E-state index < -0.39 is 0 Å². The first-order valence-electron chi connectivity index (χ1n) is 9.11. The van der Waals surface area contributed by atoms with Crippen molar-refractivity contribution in [2.24, 2.45) is 0 Å². The maximum absolute atomic E-state index is 9.14. The van der Waals surface area contributed by atoms with E-state index in [9.17, 15) is 0 Å². The molecule has 0 amide bonds. The van der Waals surface area contributed by atoms with Crippen LogP contribution in [0.1, 0.15) is 0 Å². The Kier molecular flexibility index (Phi) is 5.32. The van der Waals surface area contributed by atoms with Gasteiger partial charge in [0.15, 0.2) is 5.82 Å². The lowest BCUT2D eigenvalue weighted by molar-refractivity contribution is 0.188. The highest BCUT2D eigenvalue weighted by Crippen LogP contribution is 2.26. The molecule has 0 bridgehead atoms. The summed E-state index contributed by atoms with van der Waals surface area (Å²) < 4.78 is 0. The Hall–Kier alpha value is -2.90. The van der Waals surface area contributed by atoms with Gasteiger partial charge < -0.3 is 10.0 Å². The quantitative estimate of drug-likeness (QED) is 0.740. The number of hydrogen-bond acceptors (Lipinski definition) is 7. The molecule has 0 spiro atoms. The van der Waals surface area contributed by atoms with Gasteiger partial charge in [-0.3, -0.25) is 14.9 Å². The van der Waals surface area contributed by atoms with Crippen LogP contribution in [0.4, 0.5) is 5.82 Å². The summed E-state index contributed by atoms with van der Waals surface area (Å²) in [4.78, 5) is 22.5. The molecule has 3 aromatic rings. The largest absolute Gasteiger partial charge is 0.395 e. The van der Waals surface area contributed by atoms with Crippen LogP contribution in [0.3, 0.4) is 0 Å². The molecule has 138 valence electrons. The van der Waals surface area contributed by atoms with Gasteiger partial charge in [-0.15, -0.1) is 0 Å². The third-order valence-corrected chi connectivity index (χ3v) is 4.70. The molecule has 27 heavy (non-hydrogen) atoms. The van der Waals surface area contributed by atoms with Crippen molar-refractivity contribution in [2.75, 3.05) is 44.2 Å². The molecular weight excluding hydrogens is 340 g/mol. The lowest BCUT2D eigenvalue weighted by atomic mass is 10.1. The summed E-state index contributed by atoms with van der Waals surface area (Å²) in [6.45, 7) is 4.49. The van der Waals surface area contributed by atoms with Crippen molar-refractivity contribution in [3.05, 3.63) is 55.1 Å². The molecular formula is C20H22N6O. The molecule has 7 nitrogen and oxygen atoms in total. The molecule has 0 radical (unpaired) electrons. The molecule has 1 fully saturated rings. The summed E-state index contributed by atoms with van der Waals surface area (Å²) in [6.07, 6.45) is 7.10. The molecule has 1 aliphatic heterocycles. The van der Waals surface area contributed by atoms with Gasteiger partial charge in [-0.25, -0.2) is 9.97 Å². The molecule has 4 rings (SSSR count). The summed E-state index contributed by atoms with van der Waals surface area (Å²) >= 11 is 0. The smallest absolute Gasteiger partial charge is 0.163 e. The highest BCUT2D eigenvalue weighted by Gasteiger charge is 2.19. The number of aliphatic hydroxyl groups excluding tert-OH is 1. The number of β-amino-alcohol motifs (C(OH)–C–C–N with tert-alkyl or cyclic N) is 1. The molecule has 0 saturated carbocycles. The molecule has 4 heterocycles. The first kappa shape index (κ1) is 17.5. The van der Waals surface area contributed by atoms with Crippen molar-refractivity contribution in [3.8, 4) is 22.6 Å². The highest BCUT2D eigenvalue weighted by molar-refractivity contribution is 5.67. The fraction of sp³-hybridized carbons (Fsp3) is 0.300. The van der Waals surface area contributed by atoms with Crippen LogP contribution in [0.25, 0.3) is 22.6 Å². The number of aliphatic hydroxyl groups is 1. The Balaban J connectivity index is 1.69. The zero-order valence-electron chi connectivity index (χ0n) is 15.1. The third-order valence-electron chi connectivity index (χ3n) is 4.70. The van der Waals surface area contributed by atoms with Crippen LogP contribution >= 0.6 is 0 Å². The number of aromatic nitrogens is 4. The summed E-state index contributed by atoms with van der Waals surface area (Å²) in [7, 11) is 0. The van der Waals surface area contributed by atoms with Crippen molar-refractivity contribution in [1.82, 2.24) is 24.8 Å². The predicted molar refractivity (Wildman–Crippen MR) is 104 cm³/mol. The van der Waals surface area contributed by atoms with E-state index in [4.69, 9.17) is 15.1 Å². The van der Waals surface area contributed by atoms with Crippen LogP contribution < -0.4 is 4.90 Å². The first-order chi connectivity index (χ1) is 13.3. The van der Waals surface area contributed by atoms with Gasteiger partial charge >= 0.3 is 0 Å². The average molecular weight is 362 g/mol. The van der Waals surface area contributed by atoms with E-state index in [1.54, 1.807) is 18.6 Å². The Labute approximate surface area is 158 Å². The van der Waals surface area contributed by atoms with Gasteiger partial charge in [0.2, 0.25) is 0 Å². The lowest BCUT2D eigenvalue weighted by Crippen LogP contribution is -2.47. The fourth-order valence-electron chi connectivity index (χ4n) is 3.22. The van der Waals surface area contributed by atoms with E-state index in [0.717, 1.165) is 55.4 Å². The van der Waals surface area contributed by atoms with Crippen molar-refractivity contribution in [3.63, 3.8) is 0 Å². The zero-order chi connectivity index (χ0) is 18.5. The van der Waals surface area contributed by atoms with Crippen molar-refractivity contribution in [1.29, 1.82) is 0 Å². The van der Waals surface area contributed by atoms with Gasteiger partial charge in [0.05, 0.1) is 12.3 Å². The zero-order valence-corrected chi connectivity index (χ0v) is 15.1. The van der Waals surface area contributed by atoms with Crippen LogP contribution in [0.15, 0.2) is 55.1 Å². The van der Waals surface area contributed by atoms with E-state index in [2.05, 4.69) is 19.8 Å². The van der Waals surface area contributed by atoms with Gasteiger partial charge in [-0.05, 0) is 24.3 Å². The van der Waals surface area contributed by atoms with Gasteiger partial charge in [-0.1, -0.05) is 0 Å². The van der Waals surface area contributed by atoms with Gasteiger partial charge in [0.25, 0.3) is 0 Å². The van der Waals surface area contributed by atoms with Crippen molar-refractivity contribution >= 4 is 5.82 Å². The molecule has 0 atom stereocenters. The number of rotatable bonds is 5. The van der Waals surface area contributed by atoms with E-state index in [1.807, 2.05) is 36.5 Å². The SMILES string of the molecule is OCCN1CCN(c2cc(-c3cccnc3)nc(-c3cccnc3)n2)CC1. The second-order valence-electron chi connectivity index (χ2n) is 6.47. The van der Waals surface area contributed by atoms with E-state index in [-0.39, 0.29) is 6.61 Å². The minimum absolute atomic E-state index is 0.198. The summed E-state index contributed by atoms with van der Waals surface area (Å²) in [6, 6.07) is 9.81. The maximum atomic E-state index is 9.14. The molecule has 0 aliphatic carbocycles. The number of pyridine rings is 2. The Morgan fingerprint density at radius 1 is 0.889 bits per heavy atom. The average Bonchev–Trinajstić information content (AvgIpc) is 2.75. The minimum Gasteiger partial charge on any atom is -0.395 e. The standard InChI is InChI=1S/C20H22N6O/c27-12-11-25-7-9-26(10-8-25)19-13-18(16-3-1-5-21-14-16)23-20(24-19)17-4-2-6-22-15-17/h1-6,13-15,27H,7-12H2. The van der Waals surface area contributed by atoms with Crippen molar-refractivity contribution in [2.45, 2.75) is 0 Å². The van der Waals surface area contributed by atoms with Gasteiger partial charge in [0.1, 0.15) is 5.82 Å². The number of nitrogens with zero attached hydrogens (tertiary/aromatic N) is 6. The summed E-state index contributed by atoms with van der Waals surface area (Å²) in [5.41, 5.74) is 2.71. The van der Waals surface area contributed by atoms with E-state index in [1.165, 1.54) is 0 Å². The molecule has 1 aliphatic rings. The van der Waals surface area contributed by atoms with Crippen LogP contribution in [0.2, 0.25) is 0 Å². The third kappa shape index (κ3) is 4.10. The normalized spacial score (nSPS) is 15.1. The molecule has 3 aromatic heterocycles. The van der Waals surface area contributed by atoms with Gasteiger partial charge in [0, 0.05) is 74.7 Å². The Morgan fingerprint density at radius 2 is 1.59 bits per heavy atom. The highest BCUT2D eigenvalue weighted by atomic mass is 16.3. The Morgan fingerprint density at radius 3 is 2.22 bits per heavy atom. The van der Waals surface area contributed by atoms with Crippen molar-refractivity contribution < 1.29 is 5.11 Å². The summed E-state index contributed by atoms with van der Waals surface area (Å²) in [5, 5.41) is 9.14. The maximum Gasteiger partial charge on any atom is 0.163 e. The molecule has 1 N–H and O–H groups in total. The fourth-order valence-corrected chi connectivity index (χ4v) is 3.22. The number of anilines is 1. The Bertz CT molecular complexity index is 808. The van der Waals surface area contributed by atoms with Crippen LogP contribution in [0.5, 0.6) is 0 Å². The van der Waals surface area contributed by atoms with E-state index in [0.29, 0.717) is 5.82 Å².